The van der Waals surface area contributed by atoms with Crippen molar-refractivity contribution in [2.24, 2.45) is 0 Å². The topological polar surface area (TPSA) is 71.7 Å². The van der Waals surface area contributed by atoms with Crippen molar-refractivity contribution in [3.05, 3.63) is 18.3 Å². The largest absolute Gasteiger partial charge is 0.384 e. The van der Waals surface area contributed by atoms with Gasteiger partial charge < -0.3 is 20.3 Å². The van der Waals surface area contributed by atoms with Crippen LogP contribution in [0.5, 0.6) is 0 Å². The van der Waals surface area contributed by atoms with Crippen LogP contribution in [0.1, 0.15) is 6.42 Å². The maximum Gasteiger partial charge on any atom is 0.225 e. The minimum atomic E-state index is 0.164. The molecule has 0 saturated carbocycles. The smallest absolute Gasteiger partial charge is 0.225 e. The second-order valence-corrected chi connectivity index (χ2v) is 4.55. The summed E-state index contributed by atoms with van der Waals surface area (Å²) in [4.78, 5) is 20.0. The zero-order chi connectivity index (χ0) is 13.7. The molecule has 1 aliphatic rings. The van der Waals surface area contributed by atoms with Gasteiger partial charge in [0, 0.05) is 33.3 Å². The Labute approximate surface area is 113 Å². The van der Waals surface area contributed by atoms with E-state index in [4.69, 9.17) is 10.5 Å². The highest BCUT2D eigenvalue weighted by atomic mass is 16.5. The third kappa shape index (κ3) is 3.57. The summed E-state index contributed by atoms with van der Waals surface area (Å²) in [5.41, 5.74) is 6.62. The minimum Gasteiger partial charge on any atom is -0.384 e. The number of hydrogen-bond donors (Lipinski definition) is 1. The Morgan fingerprint density at radius 1 is 1.37 bits per heavy atom. The molecule has 1 amide bonds. The number of amides is 1. The van der Waals surface area contributed by atoms with Crippen molar-refractivity contribution in [3.63, 3.8) is 0 Å². The van der Waals surface area contributed by atoms with Crippen LogP contribution in [0.4, 0.5) is 11.5 Å². The molecule has 6 heteroatoms. The van der Waals surface area contributed by atoms with Crippen LogP contribution in [0.2, 0.25) is 0 Å². The van der Waals surface area contributed by atoms with Gasteiger partial charge in [-0.3, -0.25) is 4.79 Å². The first-order chi connectivity index (χ1) is 9.20. The van der Waals surface area contributed by atoms with Gasteiger partial charge in [0.1, 0.15) is 5.82 Å². The fourth-order valence-corrected chi connectivity index (χ4v) is 2.15. The number of pyridine rings is 1. The molecule has 0 spiro atoms. The fourth-order valence-electron chi connectivity index (χ4n) is 2.15. The second-order valence-electron chi connectivity index (χ2n) is 4.55. The lowest BCUT2D eigenvalue weighted by Crippen LogP contribution is -2.49. The predicted molar refractivity (Wildman–Crippen MR) is 73.9 cm³/mol. The minimum absolute atomic E-state index is 0.164. The molecule has 19 heavy (non-hydrogen) atoms. The third-order valence-corrected chi connectivity index (χ3v) is 3.29. The molecule has 0 unspecified atom stereocenters. The summed E-state index contributed by atoms with van der Waals surface area (Å²) in [6.45, 7) is 3.62. The number of anilines is 2. The van der Waals surface area contributed by atoms with Crippen molar-refractivity contribution in [1.82, 2.24) is 9.88 Å². The maximum absolute atomic E-state index is 11.8. The zero-order valence-electron chi connectivity index (χ0n) is 11.2. The standard InChI is InChI=1S/C13H20N4O2/c1-19-9-4-13(18)17-7-5-16(6-8-17)11-2-3-12(14)15-10-11/h2-3,10H,4-9H2,1H3,(H2,14,15). The predicted octanol–water partition coefficient (Wildman–Crippen LogP) is 0.349. The summed E-state index contributed by atoms with van der Waals surface area (Å²) in [5, 5.41) is 0. The number of methoxy groups -OCH3 is 1. The Morgan fingerprint density at radius 2 is 2.11 bits per heavy atom. The van der Waals surface area contributed by atoms with Gasteiger partial charge >= 0.3 is 0 Å². The highest BCUT2D eigenvalue weighted by molar-refractivity contribution is 5.76. The molecule has 104 valence electrons. The number of nitrogen functional groups attached to an aromatic ring is 1. The Hall–Kier alpha value is -1.82. The first kappa shape index (κ1) is 13.6. The molecular weight excluding hydrogens is 244 g/mol. The molecule has 1 aliphatic heterocycles. The molecule has 0 atom stereocenters. The number of hydrogen-bond acceptors (Lipinski definition) is 5. The van der Waals surface area contributed by atoms with Gasteiger partial charge in [-0.25, -0.2) is 4.98 Å². The SMILES string of the molecule is COCCC(=O)N1CCN(c2ccc(N)nc2)CC1. The third-order valence-electron chi connectivity index (χ3n) is 3.29. The van der Waals surface area contributed by atoms with Crippen molar-refractivity contribution in [3.8, 4) is 0 Å². The van der Waals surface area contributed by atoms with E-state index in [0.29, 0.717) is 18.8 Å². The summed E-state index contributed by atoms with van der Waals surface area (Å²) < 4.78 is 4.93. The zero-order valence-corrected chi connectivity index (χ0v) is 11.2. The van der Waals surface area contributed by atoms with E-state index in [1.165, 1.54) is 0 Å². The maximum atomic E-state index is 11.8. The molecule has 1 aromatic rings. The van der Waals surface area contributed by atoms with Crippen molar-refractivity contribution in [2.75, 3.05) is 50.5 Å². The molecule has 0 bridgehead atoms. The fraction of sp³-hybridized carbons (Fsp3) is 0.538. The van der Waals surface area contributed by atoms with E-state index < -0.39 is 0 Å². The molecule has 6 nitrogen and oxygen atoms in total. The first-order valence-electron chi connectivity index (χ1n) is 6.44. The lowest BCUT2D eigenvalue weighted by atomic mass is 10.2. The Bertz CT molecular complexity index is 413. The Morgan fingerprint density at radius 3 is 2.68 bits per heavy atom. The molecule has 1 fully saturated rings. The first-order valence-corrected chi connectivity index (χ1v) is 6.44. The van der Waals surface area contributed by atoms with E-state index in [-0.39, 0.29) is 5.91 Å². The van der Waals surface area contributed by atoms with Crippen LogP contribution in [0.25, 0.3) is 0 Å². The van der Waals surface area contributed by atoms with Gasteiger partial charge in [-0.2, -0.15) is 0 Å². The van der Waals surface area contributed by atoms with Crippen LogP contribution in [-0.2, 0) is 9.53 Å². The Balaban J connectivity index is 1.85. The van der Waals surface area contributed by atoms with Crippen LogP contribution in [0, 0.1) is 0 Å². The quantitative estimate of drug-likeness (QED) is 0.849. The number of carbonyl (C=O) groups is 1. The normalized spacial score (nSPS) is 15.6. The van der Waals surface area contributed by atoms with E-state index >= 15 is 0 Å². The summed E-state index contributed by atoms with van der Waals surface area (Å²) in [5.74, 6) is 0.689. The van der Waals surface area contributed by atoms with E-state index in [0.717, 1.165) is 31.9 Å². The highest BCUT2D eigenvalue weighted by Crippen LogP contribution is 2.16. The number of ether oxygens (including phenoxy) is 1. The summed E-state index contributed by atoms with van der Waals surface area (Å²) in [7, 11) is 1.61. The van der Waals surface area contributed by atoms with Gasteiger partial charge in [0.15, 0.2) is 0 Å². The molecular formula is C13H20N4O2. The highest BCUT2D eigenvalue weighted by Gasteiger charge is 2.20. The molecule has 0 radical (unpaired) electrons. The molecule has 0 aliphatic carbocycles. The van der Waals surface area contributed by atoms with Crippen LogP contribution in [-0.4, -0.2) is 55.7 Å². The molecule has 1 saturated heterocycles. The lowest BCUT2D eigenvalue weighted by molar-refractivity contribution is -0.132. The average molecular weight is 264 g/mol. The monoisotopic (exact) mass is 264 g/mol. The molecule has 2 heterocycles. The number of piperazine rings is 1. The second kappa shape index (κ2) is 6.38. The Kier molecular flexibility index (Phi) is 4.57. The van der Waals surface area contributed by atoms with Gasteiger partial charge in [-0.05, 0) is 12.1 Å². The molecule has 2 rings (SSSR count). The van der Waals surface area contributed by atoms with Crippen molar-refractivity contribution < 1.29 is 9.53 Å². The van der Waals surface area contributed by atoms with E-state index in [1.54, 1.807) is 19.4 Å². The van der Waals surface area contributed by atoms with Gasteiger partial charge in [0.05, 0.1) is 24.9 Å². The summed E-state index contributed by atoms with van der Waals surface area (Å²) in [6.07, 6.45) is 2.23. The number of nitrogens with zero attached hydrogens (tertiary/aromatic N) is 3. The summed E-state index contributed by atoms with van der Waals surface area (Å²) in [6, 6.07) is 3.76. The van der Waals surface area contributed by atoms with E-state index in [9.17, 15) is 4.79 Å². The van der Waals surface area contributed by atoms with Crippen molar-refractivity contribution in [2.45, 2.75) is 6.42 Å². The molecule has 0 aromatic carbocycles. The number of carbonyl (C=O) groups excluding carboxylic acids is 1. The van der Waals surface area contributed by atoms with Crippen LogP contribution in [0.3, 0.4) is 0 Å². The number of nitrogens with two attached hydrogens (primary N) is 1. The van der Waals surface area contributed by atoms with E-state index in [2.05, 4.69) is 9.88 Å². The summed E-state index contributed by atoms with van der Waals surface area (Å²) >= 11 is 0. The van der Waals surface area contributed by atoms with Gasteiger partial charge in [-0.15, -0.1) is 0 Å². The van der Waals surface area contributed by atoms with Crippen LogP contribution < -0.4 is 10.6 Å². The van der Waals surface area contributed by atoms with Crippen molar-refractivity contribution in [1.29, 1.82) is 0 Å². The number of aromatic nitrogens is 1. The molecule has 1 aromatic heterocycles. The van der Waals surface area contributed by atoms with Gasteiger partial charge in [0.25, 0.3) is 0 Å². The average Bonchev–Trinajstić information content (AvgIpc) is 2.46. The van der Waals surface area contributed by atoms with Gasteiger partial charge in [0.2, 0.25) is 5.91 Å². The van der Waals surface area contributed by atoms with Crippen LogP contribution in [0.15, 0.2) is 18.3 Å². The number of rotatable bonds is 4. The molecule has 2 N–H and O–H groups in total. The lowest BCUT2D eigenvalue weighted by Gasteiger charge is -2.36. The van der Waals surface area contributed by atoms with Crippen LogP contribution >= 0.6 is 0 Å². The van der Waals surface area contributed by atoms with E-state index in [1.807, 2.05) is 11.0 Å². The van der Waals surface area contributed by atoms with Crippen molar-refractivity contribution >= 4 is 17.4 Å². The van der Waals surface area contributed by atoms with Gasteiger partial charge in [-0.1, -0.05) is 0 Å².